The van der Waals surface area contributed by atoms with Crippen LogP contribution in [0.5, 0.6) is 0 Å². The molecule has 92 valence electrons. The molecule has 5 heteroatoms. The Hall–Kier alpha value is -2.01. The highest BCUT2D eigenvalue weighted by Gasteiger charge is 2.11. The summed E-state index contributed by atoms with van der Waals surface area (Å²) < 4.78 is 4.95. The second kappa shape index (κ2) is 9.23. The number of ether oxygens (including phenoxy) is 1. The van der Waals surface area contributed by atoms with Crippen LogP contribution >= 0.6 is 0 Å². The first-order valence-corrected chi connectivity index (χ1v) is 5.34. The van der Waals surface area contributed by atoms with Crippen molar-refractivity contribution in [1.82, 2.24) is 0 Å². The maximum atomic E-state index is 11.3. The molecule has 0 radical (unpaired) electrons. The Bertz CT molecular complexity index is 337. The Morgan fingerprint density at radius 1 is 1.35 bits per heavy atom. The molecule has 0 bridgehead atoms. The fourth-order valence-corrected chi connectivity index (χ4v) is 1.14. The minimum absolute atomic E-state index is 0.0444. The van der Waals surface area contributed by atoms with Gasteiger partial charge in [0, 0.05) is 19.3 Å². The molecule has 0 aliphatic carbocycles. The zero-order valence-corrected chi connectivity index (χ0v) is 9.52. The van der Waals surface area contributed by atoms with E-state index in [9.17, 15) is 9.59 Å². The zero-order chi connectivity index (χ0) is 13.1. The summed E-state index contributed by atoms with van der Waals surface area (Å²) in [6.07, 6.45) is 6.17. The molecular weight excluding hydrogens is 222 g/mol. The summed E-state index contributed by atoms with van der Waals surface area (Å²) in [4.78, 5) is 21.5. The number of esters is 1. The molecule has 0 spiro atoms. The van der Waals surface area contributed by atoms with Gasteiger partial charge in [-0.25, -0.2) is 0 Å². The van der Waals surface area contributed by atoms with Gasteiger partial charge in [-0.1, -0.05) is 5.92 Å². The van der Waals surface area contributed by atoms with E-state index in [-0.39, 0.29) is 19.3 Å². The molecule has 0 saturated carbocycles. The van der Waals surface area contributed by atoms with Gasteiger partial charge in [0.1, 0.15) is 0 Å². The smallest absolute Gasteiger partial charge is 0.307 e. The van der Waals surface area contributed by atoms with Gasteiger partial charge in [-0.15, -0.1) is 6.42 Å². The van der Waals surface area contributed by atoms with E-state index in [1.165, 1.54) is 0 Å². The third kappa shape index (κ3) is 8.95. The Balaban J connectivity index is 3.79. The van der Waals surface area contributed by atoms with Gasteiger partial charge in [0.15, 0.2) is 6.10 Å². The number of aliphatic carboxylic acids is 1. The normalized spacial score (nSPS) is 10.9. The number of rotatable bonds is 8. The van der Waals surface area contributed by atoms with Crippen molar-refractivity contribution in [2.24, 2.45) is 0 Å². The maximum Gasteiger partial charge on any atom is 0.307 e. The number of carbonyl (C=O) groups is 2. The standard InChI is InChI=1S/C12H15NO4/c1-2-10(6-3-4-9-13)17-12(16)8-5-7-11(14)15/h1,10H,3-8H2,(H,14,15). The van der Waals surface area contributed by atoms with E-state index >= 15 is 0 Å². The van der Waals surface area contributed by atoms with Crippen LogP contribution in [0.25, 0.3) is 0 Å². The number of terminal acetylenes is 1. The van der Waals surface area contributed by atoms with E-state index in [1.54, 1.807) is 0 Å². The molecule has 0 aliphatic heterocycles. The fourth-order valence-electron chi connectivity index (χ4n) is 1.14. The lowest BCUT2D eigenvalue weighted by molar-refractivity contribution is -0.147. The zero-order valence-electron chi connectivity index (χ0n) is 9.52. The number of hydrogen-bond donors (Lipinski definition) is 1. The van der Waals surface area contributed by atoms with Gasteiger partial charge in [0.05, 0.1) is 6.07 Å². The number of unbranched alkanes of at least 4 members (excludes halogenated alkanes) is 1. The van der Waals surface area contributed by atoms with Crippen LogP contribution in [-0.4, -0.2) is 23.1 Å². The van der Waals surface area contributed by atoms with Gasteiger partial charge < -0.3 is 9.84 Å². The monoisotopic (exact) mass is 237 g/mol. The Labute approximate surface area is 100 Å². The number of carboxylic acids is 1. The second-order valence-electron chi connectivity index (χ2n) is 3.44. The first-order chi connectivity index (χ1) is 8.10. The molecule has 0 fully saturated rings. The van der Waals surface area contributed by atoms with E-state index in [4.69, 9.17) is 21.5 Å². The van der Waals surface area contributed by atoms with Gasteiger partial charge in [-0.2, -0.15) is 5.26 Å². The van der Waals surface area contributed by atoms with Crippen LogP contribution < -0.4 is 0 Å². The van der Waals surface area contributed by atoms with Gasteiger partial charge in [-0.3, -0.25) is 9.59 Å². The predicted molar refractivity (Wildman–Crippen MR) is 59.7 cm³/mol. The number of carboxylic acid groups (broad SMARTS) is 1. The first kappa shape index (κ1) is 15.0. The summed E-state index contributed by atoms with van der Waals surface area (Å²) in [5, 5.41) is 16.7. The minimum atomic E-state index is -0.944. The molecule has 0 aromatic rings. The van der Waals surface area contributed by atoms with Crippen molar-refractivity contribution >= 4 is 11.9 Å². The van der Waals surface area contributed by atoms with Crippen LogP contribution in [0.1, 0.15) is 38.5 Å². The van der Waals surface area contributed by atoms with Crippen molar-refractivity contribution in [3.8, 4) is 18.4 Å². The van der Waals surface area contributed by atoms with E-state index in [2.05, 4.69) is 5.92 Å². The van der Waals surface area contributed by atoms with Crippen molar-refractivity contribution in [1.29, 1.82) is 5.26 Å². The quantitative estimate of drug-likeness (QED) is 0.392. The molecule has 0 aliphatic rings. The third-order valence-corrected chi connectivity index (χ3v) is 1.99. The van der Waals surface area contributed by atoms with Gasteiger partial charge in [-0.05, 0) is 19.3 Å². The highest BCUT2D eigenvalue weighted by molar-refractivity contribution is 5.71. The van der Waals surface area contributed by atoms with E-state index in [0.29, 0.717) is 19.3 Å². The highest BCUT2D eigenvalue weighted by Crippen LogP contribution is 2.07. The average Bonchev–Trinajstić information content (AvgIpc) is 2.27. The van der Waals surface area contributed by atoms with Crippen molar-refractivity contribution < 1.29 is 19.4 Å². The lowest BCUT2D eigenvalue weighted by atomic mass is 10.1. The lowest BCUT2D eigenvalue weighted by Gasteiger charge is -2.11. The molecule has 0 saturated heterocycles. The van der Waals surface area contributed by atoms with Gasteiger partial charge in [0.2, 0.25) is 0 Å². The van der Waals surface area contributed by atoms with Crippen molar-refractivity contribution in [2.75, 3.05) is 0 Å². The Morgan fingerprint density at radius 2 is 2.06 bits per heavy atom. The molecule has 0 aromatic carbocycles. The van der Waals surface area contributed by atoms with Crippen molar-refractivity contribution in [3.63, 3.8) is 0 Å². The summed E-state index contributed by atoms with van der Waals surface area (Å²) in [6, 6.07) is 1.97. The number of nitrogens with zero attached hydrogens (tertiary/aromatic N) is 1. The third-order valence-electron chi connectivity index (χ3n) is 1.99. The highest BCUT2D eigenvalue weighted by atomic mass is 16.5. The Kier molecular flexibility index (Phi) is 8.14. The largest absolute Gasteiger partial charge is 0.481 e. The molecule has 0 heterocycles. The predicted octanol–water partition coefficient (Wildman–Crippen LogP) is 1.48. The molecule has 17 heavy (non-hydrogen) atoms. The molecule has 1 N–H and O–H groups in total. The minimum Gasteiger partial charge on any atom is -0.481 e. The van der Waals surface area contributed by atoms with Gasteiger partial charge >= 0.3 is 11.9 Å². The SMILES string of the molecule is C#CC(CCCC#N)OC(=O)CCCC(=O)O. The molecular formula is C12H15NO4. The van der Waals surface area contributed by atoms with Crippen molar-refractivity contribution in [3.05, 3.63) is 0 Å². The van der Waals surface area contributed by atoms with Gasteiger partial charge in [0.25, 0.3) is 0 Å². The van der Waals surface area contributed by atoms with Crippen molar-refractivity contribution in [2.45, 2.75) is 44.6 Å². The average molecular weight is 237 g/mol. The topological polar surface area (TPSA) is 87.4 Å². The van der Waals surface area contributed by atoms with E-state index in [0.717, 1.165) is 0 Å². The molecule has 1 unspecified atom stereocenters. The van der Waals surface area contributed by atoms with E-state index in [1.807, 2.05) is 6.07 Å². The lowest BCUT2D eigenvalue weighted by Crippen LogP contribution is -2.16. The summed E-state index contributed by atoms with van der Waals surface area (Å²) in [7, 11) is 0. The number of hydrogen-bond acceptors (Lipinski definition) is 4. The van der Waals surface area contributed by atoms with Crippen LogP contribution in [0.4, 0.5) is 0 Å². The molecule has 0 rings (SSSR count). The van der Waals surface area contributed by atoms with Crippen LogP contribution in [-0.2, 0) is 14.3 Å². The molecule has 0 amide bonds. The maximum absolute atomic E-state index is 11.3. The van der Waals surface area contributed by atoms with E-state index < -0.39 is 18.0 Å². The summed E-state index contributed by atoms with van der Waals surface area (Å²) >= 11 is 0. The summed E-state index contributed by atoms with van der Waals surface area (Å²) in [5.74, 6) is 0.884. The Morgan fingerprint density at radius 3 is 2.59 bits per heavy atom. The first-order valence-electron chi connectivity index (χ1n) is 5.34. The van der Waals surface area contributed by atoms with Crippen LogP contribution in [0, 0.1) is 23.7 Å². The number of nitriles is 1. The second-order valence-corrected chi connectivity index (χ2v) is 3.44. The number of carbonyl (C=O) groups excluding carboxylic acids is 1. The van der Waals surface area contributed by atoms with Crippen LogP contribution in [0.2, 0.25) is 0 Å². The fraction of sp³-hybridized carbons (Fsp3) is 0.583. The molecule has 5 nitrogen and oxygen atoms in total. The summed E-state index contributed by atoms with van der Waals surface area (Å²) in [5.41, 5.74) is 0. The molecule has 0 aromatic heterocycles. The van der Waals surface area contributed by atoms with Crippen LogP contribution in [0.3, 0.4) is 0 Å². The summed E-state index contributed by atoms with van der Waals surface area (Å²) in [6.45, 7) is 0. The molecule has 1 atom stereocenters. The van der Waals surface area contributed by atoms with Crippen LogP contribution in [0.15, 0.2) is 0 Å².